The molecule has 1 saturated heterocycles. The third kappa shape index (κ3) is 5.52. The predicted octanol–water partition coefficient (Wildman–Crippen LogP) is 2.23. The number of anilines is 1. The van der Waals surface area contributed by atoms with E-state index in [1.165, 1.54) is 6.07 Å². The molecule has 0 atom stereocenters. The van der Waals surface area contributed by atoms with Crippen LogP contribution < -0.4 is 10.2 Å². The highest BCUT2D eigenvalue weighted by Crippen LogP contribution is 2.13. The van der Waals surface area contributed by atoms with Crippen molar-refractivity contribution in [3.63, 3.8) is 0 Å². The van der Waals surface area contributed by atoms with E-state index in [1.807, 2.05) is 24.4 Å². The van der Waals surface area contributed by atoms with Gasteiger partial charge in [0.15, 0.2) is 5.96 Å². The number of nitrogens with zero attached hydrogens (tertiary/aromatic N) is 4. The lowest BCUT2D eigenvalue weighted by Gasteiger charge is -2.37. The molecule has 0 saturated carbocycles. The summed E-state index contributed by atoms with van der Waals surface area (Å²) >= 11 is 0. The van der Waals surface area contributed by atoms with Gasteiger partial charge in [-0.25, -0.2) is 9.37 Å². The predicted molar refractivity (Wildman–Crippen MR) is 116 cm³/mol. The van der Waals surface area contributed by atoms with Crippen LogP contribution in [0.15, 0.2) is 47.6 Å². The molecule has 1 fully saturated rings. The average Bonchev–Trinajstić information content (AvgIpc) is 2.70. The van der Waals surface area contributed by atoms with Gasteiger partial charge in [-0.15, -0.1) is 24.0 Å². The van der Waals surface area contributed by atoms with Crippen molar-refractivity contribution in [2.75, 3.05) is 38.1 Å². The van der Waals surface area contributed by atoms with Gasteiger partial charge in [0, 0.05) is 51.5 Å². The van der Waals surface area contributed by atoms with E-state index in [1.54, 1.807) is 19.2 Å². The molecule has 1 aromatic heterocycles. The molecule has 146 valence electrons. The zero-order valence-electron chi connectivity index (χ0n) is 15.3. The topological polar surface area (TPSA) is 64.0 Å². The van der Waals surface area contributed by atoms with Gasteiger partial charge in [-0.2, -0.15) is 0 Å². The van der Waals surface area contributed by atoms with Crippen LogP contribution in [-0.2, 0) is 13.2 Å². The maximum absolute atomic E-state index is 13.5. The smallest absolute Gasteiger partial charge is 0.194 e. The molecule has 2 heterocycles. The first kappa shape index (κ1) is 21.4. The molecule has 1 aliphatic heterocycles. The van der Waals surface area contributed by atoms with Crippen LogP contribution in [0.4, 0.5) is 10.2 Å². The maximum Gasteiger partial charge on any atom is 0.194 e. The second-order valence-electron chi connectivity index (χ2n) is 6.15. The lowest BCUT2D eigenvalue weighted by molar-refractivity contribution is 0.275. The van der Waals surface area contributed by atoms with Gasteiger partial charge in [-0.1, -0.05) is 12.1 Å². The fourth-order valence-corrected chi connectivity index (χ4v) is 3.06. The molecule has 1 aliphatic rings. The Hall–Kier alpha value is -1.94. The van der Waals surface area contributed by atoms with Crippen molar-refractivity contribution < 1.29 is 9.50 Å². The Morgan fingerprint density at radius 1 is 1.22 bits per heavy atom. The van der Waals surface area contributed by atoms with E-state index in [0.717, 1.165) is 43.5 Å². The van der Waals surface area contributed by atoms with Crippen LogP contribution in [-0.4, -0.2) is 54.2 Å². The lowest BCUT2D eigenvalue weighted by atomic mass is 10.1. The number of pyridine rings is 1. The Kier molecular flexibility index (Phi) is 8.23. The first-order chi connectivity index (χ1) is 12.7. The highest BCUT2D eigenvalue weighted by atomic mass is 127. The number of aromatic nitrogens is 1. The van der Waals surface area contributed by atoms with Gasteiger partial charge in [0.05, 0.1) is 6.61 Å². The van der Waals surface area contributed by atoms with E-state index >= 15 is 0 Å². The normalized spacial score (nSPS) is 14.7. The molecule has 3 rings (SSSR count). The number of benzene rings is 1. The van der Waals surface area contributed by atoms with Gasteiger partial charge in [0.1, 0.15) is 11.6 Å². The Bertz CT molecular complexity index is 751. The van der Waals surface area contributed by atoms with E-state index < -0.39 is 0 Å². The highest BCUT2D eigenvalue weighted by molar-refractivity contribution is 14.0. The molecule has 8 heteroatoms. The summed E-state index contributed by atoms with van der Waals surface area (Å²) in [4.78, 5) is 13.2. The van der Waals surface area contributed by atoms with Crippen molar-refractivity contribution in [3.05, 3.63) is 59.5 Å². The molecule has 0 unspecified atom stereocenters. The van der Waals surface area contributed by atoms with Crippen molar-refractivity contribution >= 4 is 35.8 Å². The first-order valence-electron chi connectivity index (χ1n) is 8.71. The van der Waals surface area contributed by atoms with Gasteiger partial charge in [0.2, 0.25) is 0 Å². The summed E-state index contributed by atoms with van der Waals surface area (Å²) in [6, 6.07) is 10.7. The Balaban J connectivity index is 0.00000261. The molecule has 0 bridgehead atoms. The summed E-state index contributed by atoms with van der Waals surface area (Å²) in [6.45, 7) is 3.68. The van der Waals surface area contributed by atoms with Crippen molar-refractivity contribution in [3.8, 4) is 0 Å². The Labute approximate surface area is 176 Å². The summed E-state index contributed by atoms with van der Waals surface area (Å²) in [5.74, 6) is 1.43. The average molecular weight is 485 g/mol. The first-order valence-corrected chi connectivity index (χ1v) is 8.71. The van der Waals surface area contributed by atoms with Crippen molar-refractivity contribution in [2.24, 2.45) is 4.99 Å². The second-order valence-corrected chi connectivity index (χ2v) is 6.15. The van der Waals surface area contributed by atoms with Gasteiger partial charge in [-0.3, -0.25) is 4.99 Å². The van der Waals surface area contributed by atoms with Crippen molar-refractivity contribution in [2.45, 2.75) is 13.2 Å². The number of guanidine groups is 1. The maximum atomic E-state index is 13.5. The third-order valence-corrected chi connectivity index (χ3v) is 4.50. The van der Waals surface area contributed by atoms with Crippen LogP contribution >= 0.6 is 24.0 Å². The highest BCUT2D eigenvalue weighted by Gasteiger charge is 2.20. The number of halogens is 2. The Morgan fingerprint density at radius 2 is 2.00 bits per heavy atom. The summed E-state index contributed by atoms with van der Waals surface area (Å²) in [7, 11) is 1.76. The molecule has 2 aromatic rings. The number of aliphatic hydroxyl groups excluding tert-OH is 1. The number of hydrogen-bond donors (Lipinski definition) is 2. The quantitative estimate of drug-likeness (QED) is 0.395. The zero-order valence-corrected chi connectivity index (χ0v) is 17.6. The molecule has 1 aromatic carbocycles. The van der Waals surface area contributed by atoms with Crippen LogP contribution in [0.5, 0.6) is 0 Å². The van der Waals surface area contributed by atoms with Crippen LogP contribution in [0.3, 0.4) is 0 Å². The molecule has 0 aliphatic carbocycles. The van der Waals surface area contributed by atoms with E-state index in [4.69, 9.17) is 0 Å². The largest absolute Gasteiger partial charge is 0.392 e. The number of aliphatic imine (C=N–C) groups is 1. The standard InChI is InChI=1S/C19H24FN5O.HI/c1-21-19(23-13-15-5-6-17(20)16(12-15)14-26)25-10-8-24(9-11-25)18-4-2-3-7-22-18;/h2-7,12,26H,8-11,13-14H2,1H3,(H,21,23);1H. The van der Waals surface area contributed by atoms with Crippen LogP contribution in [0, 0.1) is 5.82 Å². The van der Waals surface area contributed by atoms with Crippen LogP contribution in [0.25, 0.3) is 0 Å². The fourth-order valence-electron chi connectivity index (χ4n) is 3.06. The molecule has 27 heavy (non-hydrogen) atoms. The van der Waals surface area contributed by atoms with Gasteiger partial charge >= 0.3 is 0 Å². The monoisotopic (exact) mass is 485 g/mol. The number of piperazine rings is 1. The number of nitrogens with one attached hydrogen (secondary N) is 1. The molecular formula is C19H25FIN5O. The summed E-state index contributed by atoms with van der Waals surface area (Å²) < 4.78 is 13.5. The van der Waals surface area contributed by atoms with E-state index in [9.17, 15) is 9.50 Å². The molecule has 0 amide bonds. The zero-order chi connectivity index (χ0) is 18.4. The number of aliphatic hydroxyl groups is 1. The van der Waals surface area contributed by atoms with E-state index in [0.29, 0.717) is 12.1 Å². The molecule has 0 spiro atoms. The molecule has 0 radical (unpaired) electrons. The summed E-state index contributed by atoms with van der Waals surface area (Å²) in [6.07, 6.45) is 1.81. The third-order valence-electron chi connectivity index (χ3n) is 4.50. The van der Waals surface area contributed by atoms with Crippen molar-refractivity contribution in [1.82, 2.24) is 15.2 Å². The SMILES string of the molecule is CN=C(NCc1ccc(F)c(CO)c1)N1CCN(c2ccccn2)CC1.I. The second kappa shape index (κ2) is 10.4. The Morgan fingerprint density at radius 3 is 2.63 bits per heavy atom. The summed E-state index contributed by atoms with van der Waals surface area (Å²) in [5, 5.41) is 12.5. The minimum Gasteiger partial charge on any atom is -0.392 e. The van der Waals surface area contributed by atoms with Gasteiger partial charge < -0.3 is 20.2 Å². The number of rotatable bonds is 4. The summed E-state index contributed by atoms with van der Waals surface area (Å²) in [5.41, 5.74) is 1.21. The fraction of sp³-hybridized carbons (Fsp3) is 0.368. The minimum absolute atomic E-state index is 0. The number of hydrogen-bond acceptors (Lipinski definition) is 4. The molecule has 2 N–H and O–H groups in total. The molecular weight excluding hydrogens is 460 g/mol. The van der Waals surface area contributed by atoms with Gasteiger partial charge in [-0.05, 0) is 29.8 Å². The van der Waals surface area contributed by atoms with E-state index in [2.05, 4.69) is 25.1 Å². The van der Waals surface area contributed by atoms with E-state index in [-0.39, 0.29) is 36.4 Å². The lowest BCUT2D eigenvalue weighted by Crippen LogP contribution is -2.52. The van der Waals surface area contributed by atoms with Gasteiger partial charge in [0.25, 0.3) is 0 Å². The van der Waals surface area contributed by atoms with Crippen molar-refractivity contribution in [1.29, 1.82) is 0 Å². The van der Waals surface area contributed by atoms with Crippen LogP contribution in [0.1, 0.15) is 11.1 Å². The van der Waals surface area contributed by atoms with Crippen LogP contribution in [0.2, 0.25) is 0 Å². The molecule has 6 nitrogen and oxygen atoms in total. The minimum atomic E-state index is -0.383.